The molecule has 0 aromatic heterocycles. The molecule has 0 N–H and O–H groups in total. The topological polar surface area (TPSA) is 3.24 Å². The van der Waals surface area contributed by atoms with Crippen LogP contribution >= 0.6 is 11.6 Å². The number of alkyl halides is 2. The Morgan fingerprint density at radius 1 is 1.64 bits per heavy atom. The normalized spacial score (nSPS) is 31.1. The lowest BCUT2D eigenvalue weighted by molar-refractivity contribution is 0.266. The first kappa shape index (κ1) is 9.27. The van der Waals surface area contributed by atoms with Crippen LogP contribution in [0.4, 0.5) is 4.39 Å². The molecule has 1 fully saturated rings. The van der Waals surface area contributed by atoms with Crippen LogP contribution in [0.25, 0.3) is 0 Å². The quantitative estimate of drug-likeness (QED) is 0.586. The summed E-state index contributed by atoms with van der Waals surface area (Å²) in [5.41, 5.74) is 0.150. The van der Waals surface area contributed by atoms with E-state index in [4.69, 9.17) is 11.6 Å². The van der Waals surface area contributed by atoms with Crippen LogP contribution in [0.3, 0.4) is 0 Å². The highest BCUT2D eigenvalue weighted by molar-refractivity contribution is 6.21. The summed E-state index contributed by atoms with van der Waals surface area (Å²) in [4.78, 5) is 2.08. The Morgan fingerprint density at radius 3 is 2.64 bits per heavy atom. The molecule has 1 heterocycles. The summed E-state index contributed by atoms with van der Waals surface area (Å²) in [5.74, 6) is 0. The minimum Gasteiger partial charge on any atom is -0.299 e. The van der Waals surface area contributed by atoms with E-state index in [1.54, 1.807) is 0 Å². The van der Waals surface area contributed by atoms with Crippen LogP contribution in [0.5, 0.6) is 0 Å². The molecule has 1 atom stereocenters. The lowest BCUT2D eigenvalue weighted by atomic mass is 9.92. The highest BCUT2D eigenvalue weighted by atomic mass is 35.5. The van der Waals surface area contributed by atoms with Gasteiger partial charge < -0.3 is 0 Å². The van der Waals surface area contributed by atoms with Crippen LogP contribution in [0.15, 0.2) is 0 Å². The first-order valence-electron chi connectivity index (χ1n) is 3.98. The molecule has 1 saturated heterocycles. The molecule has 0 aromatic carbocycles. The zero-order valence-electron chi connectivity index (χ0n) is 7.11. The van der Waals surface area contributed by atoms with Crippen molar-refractivity contribution in [3.63, 3.8) is 0 Å². The maximum Gasteiger partial charge on any atom is 0.102 e. The lowest BCUT2D eigenvalue weighted by Gasteiger charge is -2.20. The van der Waals surface area contributed by atoms with Gasteiger partial charge in [0.15, 0.2) is 0 Å². The van der Waals surface area contributed by atoms with Crippen LogP contribution in [0.1, 0.15) is 13.8 Å². The van der Waals surface area contributed by atoms with Crippen molar-refractivity contribution < 1.29 is 4.39 Å². The monoisotopic (exact) mass is 179 g/mol. The second-order valence-electron chi connectivity index (χ2n) is 3.88. The van der Waals surface area contributed by atoms with Crippen LogP contribution in [-0.4, -0.2) is 36.6 Å². The fourth-order valence-corrected chi connectivity index (χ4v) is 1.77. The Labute approximate surface area is 72.5 Å². The fraction of sp³-hybridized carbons (Fsp3) is 1.00. The molecule has 1 aliphatic rings. The molecular weight excluding hydrogens is 165 g/mol. The molecule has 11 heavy (non-hydrogen) atoms. The summed E-state index contributed by atoms with van der Waals surface area (Å²) in [6, 6.07) is 0. The molecule has 0 aromatic rings. The van der Waals surface area contributed by atoms with Crippen molar-refractivity contribution in [1.82, 2.24) is 4.90 Å². The van der Waals surface area contributed by atoms with Crippen molar-refractivity contribution >= 4 is 11.6 Å². The van der Waals surface area contributed by atoms with Crippen LogP contribution in [-0.2, 0) is 0 Å². The predicted octanol–water partition coefficient (Wildman–Crippen LogP) is 1.91. The number of nitrogens with zero attached hydrogens (tertiary/aromatic N) is 1. The Bertz CT molecular complexity index is 138. The van der Waals surface area contributed by atoms with E-state index >= 15 is 0 Å². The third kappa shape index (κ3) is 2.06. The van der Waals surface area contributed by atoms with E-state index in [1.807, 2.05) is 0 Å². The molecule has 0 aliphatic carbocycles. The SMILES string of the molecule is CC1(C)CN(CCF)CC1Cl. The van der Waals surface area contributed by atoms with E-state index < -0.39 is 0 Å². The van der Waals surface area contributed by atoms with Gasteiger partial charge in [0.1, 0.15) is 6.67 Å². The second kappa shape index (κ2) is 3.28. The third-order valence-electron chi connectivity index (χ3n) is 2.30. The van der Waals surface area contributed by atoms with Gasteiger partial charge in [0.25, 0.3) is 0 Å². The summed E-state index contributed by atoms with van der Waals surface area (Å²) in [7, 11) is 0. The molecule has 0 saturated carbocycles. The lowest BCUT2D eigenvalue weighted by Crippen LogP contribution is -2.25. The molecule has 0 spiro atoms. The van der Waals surface area contributed by atoms with Gasteiger partial charge in [-0.1, -0.05) is 13.8 Å². The number of hydrogen-bond acceptors (Lipinski definition) is 1. The maximum absolute atomic E-state index is 11.9. The zero-order valence-corrected chi connectivity index (χ0v) is 7.86. The first-order valence-corrected chi connectivity index (χ1v) is 4.42. The van der Waals surface area contributed by atoms with Crippen molar-refractivity contribution in [2.45, 2.75) is 19.2 Å². The molecule has 66 valence electrons. The smallest absolute Gasteiger partial charge is 0.102 e. The zero-order chi connectivity index (χ0) is 8.48. The van der Waals surface area contributed by atoms with Gasteiger partial charge in [-0.15, -0.1) is 11.6 Å². The van der Waals surface area contributed by atoms with Gasteiger partial charge in [-0.05, 0) is 5.41 Å². The predicted molar refractivity (Wildman–Crippen MR) is 45.8 cm³/mol. The van der Waals surface area contributed by atoms with Gasteiger partial charge in [-0.3, -0.25) is 4.90 Å². The largest absolute Gasteiger partial charge is 0.299 e. The maximum atomic E-state index is 11.9. The van der Waals surface area contributed by atoms with E-state index in [2.05, 4.69) is 18.7 Å². The van der Waals surface area contributed by atoms with E-state index in [1.165, 1.54) is 0 Å². The van der Waals surface area contributed by atoms with E-state index in [9.17, 15) is 4.39 Å². The average molecular weight is 180 g/mol. The Kier molecular flexibility index (Phi) is 2.76. The second-order valence-corrected chi connectivity index (χ2v) is 4.41. The Balaban J connectivity index is 2.43. The van der Waals surface area contributed by atoms with Crippen molar-refractivity contribution in [1.29, 1.82) is 0 Å². The molecular formula is C8H15ClFN. The minimum atomic E-state index is -0.264. The molecule has 0 amide bonds. The highest BCUT2D eigenvalue weighted by Gasteiger charge is 2.37. The summed E-state index contributed by atoms with van der Waals surface area (Å²) >= 11 is 6.07. The van der Waals surface area contributed by atoms with Gasteiger partial charge in [-0.2, -0.15) is 0 Å². The number of hydrogen-bond donors (Lipinski definition) is 0. The molecule has 1 aliphatic heterocycles. The van der Waals surface area contributed by atoms with Crippen molar-refractivity contribution in [2.75, 3.05) is 26.3 Å². The molecule has 1 unspecified atom stereocenters. The van der Waals surface area contributed by atoms with Crippen molar-refractivity contribution in [3.05, 3.63) is 0 Å². The van der Waals surface area contributed by atoms with Gasteiger partial charge in [0, 0.05) is 19.6 Å². The number of likely N-dealkylation sites (tertiary alicyclic amines) is 1. The van der Waals surface area contributed by atoms with Crippen molar-refractivity contribution in [2.24, 2.45) is 5.41 Å². The minimum absolute atomic E-state index is 0.150. The summed E-state index contributed by atoms with van der Waals surface area (Å²) in [6.07, 6.45) is 0. The van der Waals surface area contributed by atoms with Crippen LogP contribution in [0, 0.1) is 5.41 Å². The van der Waals surface area contributed by atoms with Crippen molar-refractivity contribution in [3.8, 4) is 0 Å². The standard InChI is InChI=1S/C8H15ClFN/c1-8(2)6-11(4-3-10)5-7(8)9/h7H,3-6H2,1-2H3. The molecule has 1 nitrogen and oxygen atoms in total. The highest BCUT2D eigenvalue weighted by Crippen LogP contribution is 2.33. The summed E-state index contributed by atoms with van der Waals surface area (Å²) < 4.78 is 11.9. The van der Waals surface area contributed by atoms with E-state index in [-0.39, 0.29) is 17.5 Å². The van der Waals surface area contributed by atoms with Crippen LogP contribution < -0.4 is 0 Å². The summed E-state index contributed by atoms with van der Waals surface area (Å²) in [5, 5.41) is 0.175. The third-order valence-corrected chi connectivity index (χ3v) is 3.03. The molecule has 3 heteroatoms. The van der Waals surface area contributed by atoms with Crippen LogP contribution in [0.2, 0.25) is 0 Å². The Morgan fingerprint density at radius 2 is 2.27 bits per heavy atom. The van der Waals surface area contributed by atoms with Gasteiger partial charge in [0.2, 0.25) is 0 Å². The van der Waals surface area contributed by atoms with Gasteiger partial charge in [-0.25, -0.2) is 4.39 Å². The number of halogens is 2. The van der Waals surface area contributed by atoms with E-state index in [0.717, 1.165) is 13.1 Å². The molecule has 0 bridgehead atoms. The number of rotatable bonds is 2. The van der Waals surface area contributed by atoms with Gasteiger partial charge in [0.05, 0.1) is 5.38 Å². The fourth-order valence-electron chi connectivity index (χ4n) is 1.50. The molecule has 0 radical (unpaired) electrons. The average Bonchev–Trinajstić information content (AvgIpc) is 2.08. The van der Waals surface area contributed by atoms with E-state index in [0.29, 0.717) is 6.54 Å². The van der Waals surface area contributed by atoms with Gasteiger partial charge >= 0.3 is 0 Å². The Hall–Kier alpha value is 0.180. The summed E-state index contributed by atoms with van der Waals surface area (Å²) in [6.45, 7) is 6.28. The molecule has 1 rings (SSSR count). The first-order chi connectivity index (χ1) is 5.06.